The maximum atomic E-state index is 5.71. The van der Waals surface area contributed by atoms with Gasteiger partial charge in [0.15, 0.2) is 0 Å². The molecule has 0 radical (unpaired) electrons. The minimum absolute atomic E-state index is 0. The largest absolute Gasteiger partial charge is 0.464 e. The first-order chi connectivity index (χ1) is 6.40. The van der Waals surface area contributed by atoms with Gasteiger partial charge in [-0.25, -0.2) is 0 Å². The van der Waals surface area contributed by atoms with Crippen LogP contribution < -0.4 is 5.32 Å². The first-order valence-corrected chi connectivity index (χ1v) is 5.22. The molecule has 80 valence electrons. The number of halogens is 1. The SMILES string of the molecule is CCc1ccc([C@@H]2CCCCN2)o1.Cl. The third-order valence-electron chi connectivity index (χ3n) is 2.68. The molecule has 2 rings (SSSR count). The highest BCUT2D eigenvalue weighted by atomic mass is 35.5. The summed E-state index contributed by atoms with van der Waals surface area (Å²) in [5, 5.41) is 3.48. The van der Waals surface area contributed by atoms with Gasteiger partial charge in [0.05, 0.1) is 6.04 Å². The Morgan fingerprint density at radius 1 is 1.43 bits per heavy atom. The van der Waals surface area contributed by atoms with E-state index in [1.165, 1.54) is 19.3 Å². The van der Waals surface area contributed by atoms with Crippen LogP contribution in [0.25, 0.3) is 0 Å². The molecule has 1 aromatic heterocycles. The Morgan fingerprint density at radius 2 is 2.29 bits per heavy atom. The molecule has 0 aromatic carbocycles. The minimum Gasteiger partial charge on any atom is -0.464 e. The zero-order chi connectivity index (χ0) is 9.10. The molecule has 1 aliphatic heterocycles. The normalized spacial score (nSPS) is 21.6. The van der Waals surface area contributed by atoms with E-state index in [0.717, 1.165) is 24.5 Å². The van der Waals surface area contributed by atoms with Crippen LogP contribution in [0.1, 0.15) is 43.7 Å². The average molecular weight is 216 g/mol. The standard InChI is InChI=1S/C11H17NO.ClH/c1-2-9-6-7-11(13-9)10-5-3-4-8-12-10;/h6-7,10,12H,2-5,8H2,1H3;1H/t10-;/m0./s1. The summed E-state index contributed by atoms with van der Waals surface area (Å²) in [6.45, 7) is 3.25. The van der Waals surface area contributed by atoms with E-state index in [0.29, 0.717) is 6.04 Å². The summed E-state index contributed by atoms with van der Waals surface area (Å²) in [4.78, 5) is 0. The number of aryl methyl sites for hydroxylation is 1. The minimum atomic E-state index is 0. The highest BCUT2D eigenvalue weighted by Crippen LogP contribution is 2.24. The number of hydrogen-bond acceptors (Lipinski definition) is 2. The Bertz CT molecular complexity index is 266. The molecule has 1 fully saturated rings. The zero-order valence-electron chi connectivity index (χ0n) is 8.58. The second-order valence-electron chi connectivity index (χ2n) is 3.66. The second-order valence-corrected chi connectivity index (χ2v) is 3.66. The Morgan fingerprint density at radius 3 is 2.86 bits per heavy atom. The lowest BCUT2D eigenvalue weighted by atomic mass is 10.0. The van der Waals surface area contributed by atoms with Gasteiger partial charge in [0, 0.05) is 6.42 Å². The van der Waals surface area contributed by atoms with E-state index in [2.05, 4.69) is 24.4 Å². The number of nitrogens with one attached hydrogen (secondary N) is 1. The molecular formula is C11H18ClNO. The van der Waals surface area contributed by atoms with Gasteiger partial charge in [-0.3, -0.25) is 0 Å². The third kappa shape index (κ3) is 2.52. The Labute approximate surface area is 91.5 Å². The maximum absolute atomic E-state index is 5.71. The van der Waals surface area contributed by atoms with Crippen molar-refractivity contribution < 1.29 is 4.42 Å². The van der Waals surface area contributed by atoms with Crippen LogP contribution in [0.2, 0.25) is 0 Å². The number of hydrogen-bond donors (Lipinski definition) is 1. The van der Waals surface area contributed by atoms with Crippen molar-refractivity contribution in [3.05, 3.63) is 23.7 Å². The Hall–Kier alpha value is -0.470. The summed E-state index contributed by atoms with van der Waals surface area (Å²) < 4.78 is 5.71. The van der Waals surface area contributed by atoms with Gasteiger partial charge in [0.2, 0.25) is 0 Å². The lowest BCUT2D eigenvalue weighted by Gasteiger charge is -2.21. The first-order valence-electron chi connectivity index (χ1n) is 5.22. The van der Waals surface area contributed by atoms with Gasteiger partial charge in [-0.05, 0) is 31.5 Å². The fourth-order valence-electron chi connectivity index (χ4n) is 1.87. The van der Waals surface area contributed by atoms with E-state index in [-0.39, 0.29) is 12.4 Å². The van der Waals surface area contributed by atoms with Gasteiger partial charge in [0.1, 0.15) is 11.5 Å². The Kier molecular flexibility index (Phi) is 4.49. The molecule has 0 spiro atoms. The van der Waals surface area contributed by atoms with E-state index in [1.807, 2.05) is 0 Å². The zero-order valence-corrected chi connectivity index (χ0v) is 9.40. The molecule has 1 N–H and O–H groups in total. The van der Waals surface area contributed by atoms with Crippen LogP contribution in [0.3, 0.4) is 0 Å². The van der Waals surface area contributed by atoms with Crippen LogP contribution in [0.4, 0.5) is 0 Å². The molecule has 0 saturated carbocycles. The molecule has 1 saturated heterocycles. The first kappa shape index (κ1) is 11.6. The van der Waals surface area contributed by atoms with Crippen molar-refractivity contribution in [2.75, 3.05) is 6.54 Å². The molecule has 0 aliphatic carbocycles. The van der Waals surface area contributed by atoms with Crippen molar-refractivity contribution in [3.63, 3.8) is 0 Å². The molecule has 1 aromatic rings. The monoisotopic (exact) mass is 215 g/mol. The molecule has 2 nitrogen and oxygen atoms in total. The van der Waals surface area contributed by atoms with Gasteiger partial charge in [-0.1, -0.05) is 13.3 Å². The van der Waals surface area contributed by atoms with Crippen molar-refractivity contribution >= 4 is 12.4 Å². The van der Waals surface area contributed by atoms with Crippen LogP contribution in [0.15, 0.2) is 16.5 Å². The highest BCUT2D eigenvalue weighted by Gasteiger charge is 2.17. The van der Waals surface area contributed by atoms with Crippen LogP contribution in [0, 0.1) is 0 Å². The number of piperidine rings is 1. The van der Waals surface area contributed by atoms with Crippen molar-refractivity contribution in [3.8, 4) is 0 Å². The quantitative estimate of drug-likeness (QED) is 0.821. The summed E-state index contributed by atoms with van der Waals surface area (Å²) in [5.41, 5.74) is 0. The van der Waals surface area contributed by atoms with Crippen molar-refractivity contribution in [1.29, 1.82) is 0 Å². The van der Waals surface area contributed by atoms with E-state index in [1.54, 1.807) is 0 Å². The van der Waals surface area contributed by atoms with Crippen molar-refractivity contribution in [2.24, 2.45) is 0 Å². The molecule has 0 unspecified atom stereocenters. The maximum Gasteiger partial charge on any atom is 0.121 e. The molecule has 0 amide bonds. The van der Waals surface area contributed by atoms with Crippen LogP contribution in [-0.4, -0.2) is 6.54 Å². The van der Waals surface area contributed by atoms with Crippen LogP contribution in [0.5, 0.6) is 0 Å². The fourth-order valence-corrected chi connectivity index (χ4v) is 1.87. The van der Waals surface area contributed by atoms with Crippen LogP contribution >= 0.6 is 12.4 Å². The predicted molar refractivity (Wildman–Crippen MR) is 59.9 cm³/mol. The molecule has 1 atom stereocenters. The van der Waals surface area contributed by atoms with Gasteiger partial charge >= 0.3 is 0 Å². The third-order valence-corrected chi connectivity index (χ3v) is 2.68. The van der Waals surface area contributed by atoms with Crippen molar-refractivity contribution in [2.45, 2.75) is 38.6 Å². The second kappa shape index (κ2) is 5.42. The summed E-state index contributed by atoms with van der Waals surface area (Å²) in [5.74, 6) is 2.22. The summed E-state index contributed by atoms with van der Waals surface area (Å²) >= 11 is 0. The topological polar surface area (TPSA) is 25.2 Å². The predicted octanol–water partition coefficient (Wildman–Crippen LogP) is 3.08. The van der Waals surface area contributed by atoms with Gasteiger partial charge < -0.3 is 9.73 Å². The van der Waals surface area contributed by atoms with Gasteiger partial charge in [-0.2, -0.15) is 0 Å². The molecule has 2 heterocycles. The van der Waals surface area contributed by atoms with E-state index in [4.69, 9.17) is 4.42 Å². The average Bonchev–Trinajstić information content (AvgIpc) is 2.67. The number of rotatable bonds is 2. The van der Waals surface area contributed by atoms with Crippen LogP contribution in [-0.2, 0) is 6.42 Å². The van der Waals surface area contributed by atoms with Gasteiger partial charge in [0.25, 0.3) is 0 Å². The molecule has 0 bridgehead atoms. The summed E-state index contributed by atoms with van der Waals surface area (Å²) in [6, 6.07) is 4.67. The lowest BCUT2D eigenvalue weighted by Crippen LogP contribution is -2.26. The van der Waals surface area contributed by atoms with E-state index in [9.17, 15) is 0 Å². The van der Waals surface area contributed by atoms with Gasteiger partial charge in [-0.15, -0.1) is 12.4 Å². The number of furan rings is 1. The van der Waals surface area contributed by atoms with E-state index >= 15 is 0 Å². The molecule has 14 heavy (non-hydrogen) atoms. The van der Waals surface area contributed by atoms with E-state index < -0.39 is 0 Å². The lowest BCUT2D eigenvalue weighted by molar-refractivity contribution is 0.340. The smallest absolute Gasteiger partial charge is 0.121 e. The highest BCUT2D eigenvalue weighted by molar-refractivity contribution is 5.85. The molecule has 3 heteroatoms. The molecule has 1 aliphatic rings. The fraction of sp³-hybridized carbons (Fsp3) is 0.636. The van der Waals surface area contributed by atoms with Crippen molar-refractivity contribution in [1.82, 2.24) is 5.32 Å². The summed E-state index contributed by atoms with van der Waals surface area (Å²) in [7, 11) is 0. The Balaban J connectivity index is 0.000000980. The molecular weight excluding hydrogens is 198 g/mol. The summed E-state index contributed by atoms with van der Waals surface area (Å²) in [6.07, 6.45) is 4.83.